The summed E-state index contributed by atoms with van der Waals surface area (Å²) in [5, 5.41) is 10.1. The highest BCUT2D eigenvalue weighted by Gasteiger charge is 2.11. The maximum Gasteiger partial charge on any atom is 0.276 e. The smallest absolute Gasteiger partial charge is 0.276 e. The number of thiazole rings is 1. The first-order valence-electron chi connectivity index (χ1n) is 9.45. The van der Waals surface area contributed by atoms with E-state index in [-0.39, 0.29) is 17.2 Å². The molecule has 0 aliphatic carbocycles. The first-order valence-corrected chi connectivity index (χ1v) is 10.3. The number of anilines is 1. The molecule has 4 rings (SSSR count). The van der Waals surface area contributed by atoms with Gasteiger partial charge in [0, 0.05) is 22.7 Å². The van der Waals surface area contributed by atoms with Crippen molar-refractivity contribution in [1.82, 2.24) is 14.8 Å². The van der Waals surface area contributed by atoms with Gasteiger partial charge in [-0.3, -0.25) is 9.59 Å². The van der Waals surface area contributed by atoms with Crippen molar-refractivity contribution in [3.05, 3.63) is 98.2 Å². The Balaban J connectivity index is 1.54. The van der Waals surface area contributed by atoms with E-state index in [9.17, 15) is 9.59 Å². The molecule has 0 unspecified atom stereocenters. The molecule has 0 fully saturated rings. The number of nitrogens with zero attached hydrogens (tertiary/aromatic N) is 3. The third kappa shape index (κ3) is 4.52. The molecule has 0 atom stereocenters. The molecule has 0 saturated carbocycles. The summed E-state index contributed by atoms with van der Waals surface area (Å²) < 4.78 is 1.30. The van der Waals surface area contributed by atoms with Gasteiger partial charge in [-0.25, -0.2) is 9.67 Å². The minimum Gasteiger partial charge on any atom is -0.321 e. The Hall–Kier alpha value is -3.58. The first kappa shape index (κ1) is 19.7. The summed E-state index contributed by atoms with van der Waals surface area (Å²) in [6.45, 7) is 4.26. The Morgan fingerprint density at radius 2 is 1.87 bits per heavy atom. The quantitative estimate of drug-likeness (QED) is 0.527. The summed E-state index contributed by atoms with van der Waals surface area (Å²) in [4.78, 5) is 29.4. The molecule has 1 amide bonds. The van der Waals surface area contributed by atoms with Crippen LogP contribution in [0.1, 0.15) is 26.6 Å². The maximum atomic E-state index is 12.7. The molecule has 0 bridgehead atoms. The highest BCUT2D eigenvalue weighted by atomic mass is 32.1. The van der Waals surface area contributed by atoms with Gasteiger partial charge in [-0.15, -0.1) is 11.3 Å². The van der Waals surface area contributed by atoms with Crippen molar-refractivity contribution in [1.29, 1.82) is 0 Å². The van der Waals surface area contributed by atoms with Gasteiger partial charge in [-0.1, -0.05) is 42.0 Å². The molecular formula is C23H20N4O2S. The molecule has 150 valence electrons. The summed E-state index contributed by atoms with van der Waals surface area (Å²) >= 11 is 1.58. The van der Waals surface area contributed by atoms with Gasteiger partial charge < -0.3 is 5.32 Å². The number of amides is 1. The van der Waals surface area contributed by atoms with Crippen LogP contribution in [0.25, 0.3) is 11.3 Å². The number of carbonyl (C=O) groups is 1. The zero-order chi connectivity index (χ0) is 21.1. The molecule has 0 radical (unpaired) electrons. The van der Waals surface area contributed by atoms with Gasteiger partial charge in [-0.05, 0) is 37.6 Å². The van der Waals surface area contributed by atoms with Crippen molar-refractivity contribution in [2.24, 2.45) is 0 Å². The molecule has 30 heavy (non-hydrogen) atoms. The van der Waals surface area contributed by atoms with Gasteiger partial charge in [-0.2, -0.15) is 5.10 Å². The van der Waals surface area contributed by atoms with Gasteiger partial charge in [0.2, 0.25) is 0 Å². The number of hydrogen-bond acceptors (Lipinski definition) is 5. The van der Waals surface area contributed by atoms with Crippen LogP contribution in [-0.4, -0.2) is 20.7 Å². The topological polar surface area (TPSA) is 76.9 Å². The largest absolute Gasteiger partial charge is 0.321 e. The van der Waals surface area contributed by atoms with Crippen LogP contribution in [0.3, 0.4) is 0 Å². The molecule has 2 aromatic carbocycles. The van der Waals surface area contributed by atoms with Gasteiger partial charge >= 0.3 is 0 Å². The van der Waals surface area contributed by atoms with Crippen molar-refractivity contribution in [2.45, 2.75) is 20.4 Å². The molecule has 0 spiro atoms. The Bertz CT molecular complexity index is 1260. The van der Waals surface area contributed by atoms with E-state index in [1.165, 1.54) is 16.8 Å². The van der Waals surface area contributed by atoms with Crippen LogP contribution in [0.15, 0.2) is 70.8 Å². The molecule has 2 aromatic heterocycles. The summed E-state index contributed by atoms with van der Waals surface area (Å²) in [7, 11) is 0. The van der Waals surface area contributed by atoms with Crippen LogP contribution < -0.4 is 10.9 Å². The lowest BCUT2D eigenvalue weighted by Gasteiger charge is -2.09. The fourth-order valence-corrected chi connectivity index (χ4v) is 3.62. The van der Waals surface area contributed by atoms with Crippen molar-refractivity contribution < 1.29 is 4.79 Å². The van der Waals surface area contributed by atoms with Crippen LogP contribution in [-0.2, 0) is 6.54 Å². The summed E-state index contributed by atoms with van der Waals surface area (Å²) in [5.74, 6) is -0.376. The molecule has 1 N–H and O–H groups in total. The lowest BCUT2D eigenvalue weighted by Crippen LogP contribution is -2.26. The molecule has 0 aliphatic rings. The number of benzene rings is 2. The lowest BCUT2D eigenvalue weighted by atomic mass is 10.1. The van der Waals surface area contributed by atoms with Crippen molar-refractivity contribution >= 4 is 22.9 Å². The van der Waals surface area contributed by atoms with Crippen molar-refractivity contribution in [3.63, 3.8) is 0 Å². The monoisotopic (exact) mass is 416 g/mol. The molecule has 0 saturated heterocycles. The highest BCUT2D eigenvalue weighted by molar-refractivity contribution is 7.09. The molecule has 0 aliphatic heterocycles. The second kappa shape index (κ2) is 8.42. The SMILES string of the molecule is Cc1ccc(Cn2nc(C(=O)Nc3cccc(-c4csc(C)n4)c3)ccc2=O)cc1. The third-order valence-electron chi connectivity index (χ3n) is 4.59. The second-order valence-corrected chi connectivity index (χ2v) is 8.05. The number of carbonyl (C=O) groups excluding carboxylic acids is 1. The minimum atomic E-state index is -0.376. The third-order valence-corrected chi connectivity index (χ3v) is 5.36. The Morgan fingerprint density at radius 3 is 2.60 bits per heavy atom. The number of rotatable bonds is 5. The van der Waals surface area contributed by atoms with Crippen LogP contribution >= 0.6 is 11.3 Å². The first-order chi connectivity index (χ1) is 14.5. The number of nitrogens with one attached hydrogen (secondary N) is 1. The lowest BCUT2D eigenvalue weighted by molar-refractivity contribution is 0.102. The van der Waals surface area contributed by atoms with Crippen LogP contribution in [0.2, 0.25) is 0 Å². The van der Waals surface area contributed by atoms with E-state index in [1.807, 2.05) is 67.8 Å². The van der Waals surface area contributed by atoms with Gasteiger partial charge in [0.05, 0.1) is 17.2 Å². The predicted octanol–water partition coefficient (Wildman–Crippen LogP) is 4.28. The van der Waals surface area contributed by atoms with E-state index in [1.54, 1.807) is 11.3 Å². The van der Waals surface area contributed by atoms with E-state index in [0.717, 1.165) is 27.4 Å². The summed E-state index contributed by atoms with van der Waals surface area (Å²) in [5.41, 5.74) is 4.44. The van der Waals surface area contributed by atoms with Crippen molar-refractivity contribution in [3.8, 4) is 11.3 Å². The molecule has 2 heterocycles. The summed E-state index contributed by atoms with van der Waals surface area (Å²) in [6.07, 6.45) is 0. The van der Waals surface area contributed by atoms with E-state index in [0.29, 0.717) is 12.2 Å². The Morgan fingerprint density at radius 1 is 1.07 bits per heavy atom. The van der Waals surface area contributed by atoms with Gasteiger partial charge in [0.1, 0.15) is 5.69 Å². The Kier molecular flexibility index (Phi) is 5.54. The zero-order valence-electron chi connectivity index (χ0n) is 16.6. The second-order valence-electron chi connectivity index (χ2n) is 6.99. The maximum absolute atomic E-state index is 12.7. The predicted molar refractivity (Wildman–Crippen MR) is 119 cm³/mol. The molecule has 4 aromatic rings. The highest BCUT2D eigenvalue weighted by Crippen LogP contribution is 2.24. The normalized spacial score (nSPS) is 10.7. The van der Waals surface area contributed by atoms with E-state index in [2.05, 4.69) is 15.4 Å². The summed E-state index contributed by atoms with van der Waals surface area (Å²) in [6, 6.07) is 18.2. The number of hydrogen-bond donors (Lipinski definition) is 1. The average molecular weight is 417 g/mol. The molecular weight excluding hydrogens is 396 g/mol. The molecule has 6 nitrogen and oxygen atoms in total. The average Bonchev–Trinajstić information content (AvgIpc) is 3.18. The fraction of sp³-hybridized carbons (Fsp3) is 0.130. The number of aromatic nitrogens is 3. The Labute approximate surface area is 177 Å². The zero-order valence-corrected chi connectivity index (χ0v) is 17.4. The number of aryl methyl sites for hydroxylation is 2. The van der Waals surface area contributed by atoms with E-state index < -0.39 is 0 Å². The van der Waals surface area contributed by atoms with Crippen LogP contribution in [0, 0.1) is 13.8 Å². The standard InChI is InChI=1S/C23H20N4O2S/c1-15-6-8-17(9-7-15)13-27-22(28)11-10-20(26-27)23(29)25-19-5-3-4-18(12-19)21-14-30-16(2)24-21/h3-12,14H,13H2,1-2H3,(H,25,29). The van der Waals surface area contributed by atoms with Gasteiger partial charge in [0.25, 0.3) is 11.5 Å². The van der Waals surface area contributed by atoms with Crippen LogP contribution in [0.4, 0.5) is 5.69 Å². The van der Waals surface area contributed by atoms with E-state index >= 15 is 0 Å². The molecule has 7 heteroatoms. The van der Waals surface area contributed by atoms with Gasteiger partial charge in [0.15, 0.2) is 0 Å². The fourth-order valence-electron chi connectivity index (χ4n) is 3.00. The van der Waals surface area contributed by atoms with E-state index in [4.69, 9.17) is 0 Å². The van der Waals surface area contributed by atoms with Crippen LogP contribution in [0.5, 0.6) is 0 Å². The van der Waals surface area contributed by atoms with Crippen molar-refractivity contribution in [2.75, 3.05) is 5.32 Å². The minimum absolute atomic E-state index is 0.177.